The molecule has 1 aliphatic rings. The van der Waals surface area contributed by atoms with Crippen LogP contribution in [-0.2, 0) is 24.7 Å². The molecule has 8 heteroatoms. The van der Waals surface area contributed by atoms with Gasteiger partial charge in [0.05, 0.1) is 11.1 Å². The van der Waals surface area contributed by atoms with Crippen LogP contribution in [0.2, 0.25) is 0 Å². The zero-order valence-corrected chi connectivity index (χ0v) is 20.4. The van der Waals surface area contributed by atoms with Crippen molar-refractivity contribution in [1.82, 2.24) is 9.55 Å². The molecule has 0 aliphatic heterocycles. The number of hydrogen-bond acceptors (Lipinski definition) is 6. The number of thiophene rings is 1. The third kappa shape index (κ3) is 4.52. The number of aryl methyl sites for hydroxylation is 2. The van der Waals surface area contributed by atoms with Crippen LogP contribution in [0.4, 0.5) is 5.69 Å². The van der Waals surface area contributed by atoms with Crippen molar-refractivity contribution < 1.29 is 9.59 Å². The molecular weight excluding hydrogens is 442 g/mol. The summed E-state index contributed by atoms with van der Waals surface area (Å²) in [5.74, 6) is 0.0539. The molecule has 2 aromatic heterocycles. The van der Waals surface area contributed by atoms with Gasteiger partial charge in [-0.15, -0.1) is 11.3 Å². The van der Waals surface area contributed by atoms with Crippen molar-refractivity contribution in [2.45, 2.75) is 51.6 Å². The predicted octanol–water partition coefficient (Wildman–Crippen LogP) is 4.83. The first kappa shape index (κ1) is 22.7. The van der Waals surface area contributed by atoms with E-state index >= 15 is 0 Å². The number of anilines is 1. The number of fused-ring (bicyclic) bond motifs is 3. The number of thioether (sulfide) groups is 1. The molecule has 1 amide bonds. The van der Waals surface area contributed by atoms with Crippen molar-refractivity contribution in [3.05, 3.63) is 50.6 Å². The molecule has 0 atom stereocenters. The van der Waals surface area contributed by atoms with Gasteiger partial charge in [-0.05, 0) is 55.5 Å². The molecule has 1 aromatic carbocycles. The number of aromatic nitrogens is 2. The van der Waals surface area contributed by atoms with Gasteiger partial charge in [0.15, 0.2) is 10.9 Å². The van der Waals surface area contributed by atoms with Gasteiger partial charge in [-0.2, -0.15) is 0 Å². The fraction of sp³-hybridized carbons (Fsp3) is 0.417. The lowest BCUT2D eigenvalue weighted by atomic mass is 9.95. The van der Waals surface area contributed by atoms with E-state index in [4.69, 9.17) is 4.98 Å². The van der Waals surface area contributed by atoms with E-state index in [1.165, 1.54) is 22.2 Å². The molecular formula is C24H27N3O3S2. The smallest absolute Gasteiger partial charge is 0.262 e. The molecule has 6 nitrogen and oxygen atoms in total. The average Bonchev–Trinajstić information content (AvgIpc) is 3.13. The summed E-state index contributed by atoms with van der Waals surface area (Å²) in [7, 11) is 1.72. The summed E-state index contributed by atoms with van der Waals surface area (Å²) in [5, 5.41) is 4.17. The van der Waals surface area contributed by atoms with Crippen LogP contribution in [0, 0.1) is 5.41 Å². The van der Waals surface area contributed by atoms with Crippen LogP contribution in [0.25, 0.3) is 10.2 Å². The standard InChI is InChI=1S/C24H27N3O3S2/c1-24(2,3)22(30)25-15-11-9-14(10-12-15)17(28)13-31-23-26-20-19(21(29)27(23)4)16-7-5-6-8-18(16)32-20/h9-12H,5-8,13H2,1-4H3,(H,25,30). The lowest BCUT2D eigenvalue weighted by Gasteiger charge is -2.17. The highest BCUT2D eigenvalue weighted by Crippen LogP contribution is 2.34. The highest BCUT2D eigenvalue weighted by Gasteiger charge is 2.22. The Bertz CT molecular complexity index is 1250. The highest BCUT2D eigenvalue weighted by molar-refractivity contribution is 7.99. The van der Waals surface area contributed by atoms with Crippen LogP contribution in [0.15, 0.2) is 34.2 Å². The second-order valence-corrected chi connectivity index (χ2v) is 11.2. The third-order valence-electron chi connectivity index (χ3n) is 5.63. The van der Waals surface area contributed by atoms with E-state index in [0.29, 0.717) is 16.4 Å². The van der Waals surface area contributed by atoms with E-state index in [1.807, 2.05) is 20.8 Å². The molecule has 4 rings (SSSR count). The molecule has 0 spiro atoms. The van der Waals surface area contributed by atoms with E-state index in [1.54, 1.807) is 47.2 Å². The molecule has 32 heavy (non-hydrogen) atoms. The first-order valence-electron chi connectivity index (χ1n) is 10.7. The first-order valence-corrected chi connectivity index (χ1v) is 12.5. The summed E-state index contributed by atoms with van der Waals surface area (Å²) in [6, 6.07) is 6.89. The third-order valence-corrected chi connectivity index (χ3v) is 7.85. The van der Waals surface area contributed by atoms with E-state index < -0.39 is 5.41 Å². The molecule has 0 saturated heterocycles. The first-order chi connectivity index (χ1) is 15.1. The number of nitrogens with one attached hydrogen (secondary N) is 1. The molecule has 0 unspecified atom stereocenters. The lowest BCUT2D eigenvalue weighted by Crippen LogP contribution is -2.27. The number of carbonyl (C=O) groups is 2. The molecule has 0 radical (unpaired) electrons. The summed E-state index contributed by atoms with van der Waals surface area (Å²) in [4.78, 5) is 44.6. The lowest BCUT2D eigenvalue weighted by molar-refractivity contribution is -0.123. The van der Waals surface area contributed by atoms with Gasteiger partial charge in [-0.3, -0.25) is 19.0 Å². The Morgan fingerprint density at radius 2 is 1.84 bits per heavy atom. The minimum Gasteiger partial charge on any atom is -0.326 e. The Kier molecular flexibility index (Phi) is 6.27. The van der Waals surface area contributed by atoms with E-state index in [2.05, 4.69) is 5.32 Å². The number of nitrogens with zero attached hydrogens (tertiary/aromatic N) is 2. The Balaban J connectivity index is 1.48. The van der Waals surface area contributed by atoms with Crippen LogP contribution in [-0.4, -0.2) is 27.0 Å². The van der Waals surface area contributed by atoms with Crippen molar-refractivity contribution in [3.63, 3.8) is 0 Å². The summed E-state index contributed by atoms with van der Waals surface area (Å²) >= 11 is 2.90. The number of Topliss-reactive ketones (excluding diaryl/α,β-unsaturated/α-hetero) is 1. The fourth-order valence-corrected chi connectivity index (χ4v) is 5.84. The normalized spacial score (nSPS) is 13.8. The molecule has 0 saturated carbocycles. The van der Waals surface area contributed by atoms with Gasteiger partial charge in [0, 0.05) is 28.6 Å². The predicted molar refractivity (Wildman–Crippen MR) is 131 cm³/mol. The number of carbonyl (C=O) groups excluding carboxylic acids is 2. The molecule has 3 aromatic rings. The quantitative estimate of drug-likeness (QED) is 0.329. The highest BCUT2D eigenvalue weighted by atomic mass is 32.2. The number of benzene rings is 1. The number of amides is 1. The van der Waals surface area contributed by atoms with Gasteiger partial charge in [-0.1, -0.05) is 32.5 Å². The largest absolute Gasteiger partial charge is 0.326 e. The molecule has 168 valence electrons. The zero-order chi connectivity index (χ0) is 23.0. The van der Waals surface area contributed by atoms with Crippen LogP contribution < -0.4 is 10.9 Å². The Morgan fingerprint density at radius 3 is 2.53 bits per heavy atom. The second-order valence-electron chi connectivity index (χ2n) is 9.14. The van der Waals surface area contributed by atoms with E-state index in [9.17, 15) is 14.4 Å². The van der Waals surface area contributed by atoms with Gasteiger partial charge >= 0.3 is 0 Å². The van der Waals surface area contributed by atoms with Gasteiger partial charge in [0.2, 0.25) is 5.91 Å². The van der Waals surface area contributed by atoms with Crippen LogP contribution in [0.3, 0.4) is 0 Å². The molecule has 0 fully saturated rings. The number of ketones is 1. The SMILES string of the molecule is Cn1c(SCC(=O)c2ccc(NC(=O)C(C)(C)C)cc2)nc2sc3c(c2c1=O)CCCC3. The van der Waals surface area contributed by atoms with Crippen molar-refractivity contribution in [2.75, 3.05) is 11.1 Å². The Hall–Kier alpha value is -2.45. The van der Waals surface area contributed by atoms with E-state index in [-0.39, 0.29) is 23.0 Å². The van der Waals surface area contributed by atoms with Crippen molar-refractivity contribution >= 4 is 50.7 Å². The number of rotatable bonds is 5. The topological polar surface area (TPSA) is 81.1 Å². The van der Waals surface area contributed by atoms with Crippen LogP contribution in [0.5, 0.6) is 0 Å². The second kappa shape index (κ2) is 8.83. The molecule has 1 N–H and O–H groups in total. The van der Waals surface area contributed by atoms with E-state index in [0.717, 1.165) is 35.9 Å². The molecule has 2 heterocycles. The molecule has 1 aliphatic carbocycles. The Labute approximate surface area is 195 Å². The molecule has 0 bridgehead atoms. The number of hydrogen-bond donors (Lipinski definition) is 1. The maximum Gasteiger partial charge on any atom is 0.262 e. The van der Waals surface area contributed by atoms with Gasteiger partial charge < -0.3 is 5.32 Å². The van der Waals surface area contributed by atoms with Gasteiger partial charge in [0.25, 0.3) is 5.56 Å². The van der Waals surface area contributed by atoms with Crippen LogP contribution in [0.1, 0.15) is 54.4 Å². The minimum atomic E-state index is -0.489. The maximum absolute atomic E-state index is 13.0. The monoisotopic (exact) mass is 469 g/mol. The average molecular weight is 470 g/mol. The summed E-state index contributed by atoms with van der Waals surface area (Å²) in [5.41, 5.74) is 1.88. The summed E-state index contributed by atoms with van der Waals surface area (Å²) < 4.78 is 1.56. The summed E-state index contributed by atoms with van der Waals surface area (Å²) in [6.07, 6.45) is 4.25. The van der Waals surface area contributed by atoms with Crippen LogP contribution >= 0.6 is 23.1 Å². The zero-order valence-electron chi connectivity index (χ0n) is 18.8. The van der Waals surface area contributed by atoms with Gasteiger partial charge in [-0.25, -0.2) is 4.98 Å². The maximum atomic E-state index is 13.0. The minimum absolute atomic E-state index is 0.0247. The van der Waals surface area contributed by atoms with Crippen molar-refractivity contribution in [3.8, 4) is 0 Å². The van der Waals surface area contributed by atoms with Gasteiger partial charge in [0.1, 0.15) is 4.83 Å². The van der Waals surface area contributed by atoms with Crippen molar-refractivity contribution in [2.24, 2.45) is 12.5 Å². The summed E-state index contributed by atoms with van der Waals surface area (Å²) in [6.45, 7) is 5.55. The van der Waals surface area contributed by atoms with Crippen molar-refractivity contribution in [1.29, 1.82) is 0 Å². The Morgan fingerprint density at radius 1 is 1.16 bits per heavy atom. The fourth-order valence-electron chi connectivity index (χ4n) is 3.67.